The number of hydrogen-bond acceptors (Lipinski definition) is 6. The Morgan fingerprint density at radius 2 is 2.14 bits per heavy atom. The van der Waals surface area contributed by atoms with E-state index in [9.17, 15) is 9.59 Å². The fourth-order valence-electron chi connectivity index (χ4n) is 3.23. The highest BCUT2D eigenvalue weighted by Crippen LogP contribution is 2.18. The van der Waals surface area contributed by atoms with E-state index in [4.69, 9.17) is 9.26 Å². The summed E-state index contributed by atoms with van der Waals surface area (Å²) in [7, 11) is 1.70. The minimum absolute atomic E-state index is 0.112. The van der Waals surface area contributed by atoms with E-state index in [1.165, 1.54) is 0 Å². The number of hydrogen-bond donors (Lipinski definition) is 1. The van der Waals surface area contributed by atoms with Gasteiger partial charge in [-0.05, 0) is 24.6 Å². The van der Waals surface area contributed by atoms with Gasteiger partial charge in [-0.2, -0.15) is 0 Å². The van der Waals surface area contributed by atoms with Crippen LogP contribution in [0.5, 0.6) is 5.75 Å². The number of carbonyl (C=O) groups is 2. The van der Waals surface area contributed by atoms with Crippen molar-refractivity contribution in [2.75, 3.05) is 26.7 Å². The number of ether oxygens (including phenoxy) is 1. The van der Waals surface area contributed by atoms with Gasteiger partial charge < -0.3 is 19.5 Å². The molecule has 28 heavy (non-hydrogen) atoms. The predicted molar refractivity (Wildman–Crippen MR) is 102 cm³/mol. The van der Waals surface area contributed by atoms with Crippen LogP contribution in [0.4, 0.5) is 0 Å². The zero-order valence-electron chi connectivity index (χ0n) is 16.3. The Morgan fingerprint density at radius 1 is 1.36 bits per heavy atom. The molecule has 2 aromatic rings. The molecule has 0 saturated carbocycles. The maximum Gasteiger partial charge on any atom is 0.237 e. The summed E-state index contributed by atoms with van der Waals surface area (Å²) in [6.45, 7) is 4.77. The number of carbonyl (C=O) groups excluding carboxylic acids is 2. The van der Waals surface area contributed by atoms with E-state index in [2.05, 4.69) is 15.4 Å². The Hall–Kier alpha value is -2.87. The van der Waals surface area contributed by atoms with E-state index in [1.54, 1.807) is 24.2 Å². The molecule has 0 spiro atoms. The fourth-order valence-corrected chi connectivity index (χ4v) is 3.23. The van der Waals surface area contributed by atoms with E-state index in [1.807, 2.05) is 31.2 Å². The maximum absolute atomic E-state index is 12.6. The predicted octanol–water partition coefficient (Wildman–Crippen LogP) is 1.42. The van der Waals surface area contributed by atoms with Gasteiger partial charge in [0.15, 0.2) is 5.76 Å². The number of aromatic nitrogens is 1. The van der Waals surface area contributed by atoms with Crippen LogP contribution >= 0.6 is 0 Å². The molecular weight excluding hydrogens is 360 g/mol. The molecule has 8 nitrogen and oxygen atoms in total. The normalized spacial score (nSPS) is 17.2. The van der Waals surface area contributed by atoms with Gasteiger partial charge in [0.1, 0.15) is 5.75 Å². The van der Waals surface area contributed by atoms with Gasteiger partial charge in [-0.25, -0.2) is 0 Å². The first-order chi connectivity index (χ1) is 13.6. The van der Waals surface area contributed by atoms with Crippen molar-refractivity contribution in [1.82, 2.24) is 20.3 Å². The first-order valence-corrected chi connectivity index (χ1v) is 9.44. The van der Waals surface area contributed by atoms with Crippen molar-refractivity contribution in [3.8, 4) is 5.75 Å². The zero-order chi connectivity index (χ0) is 19.9. The van der Waals surface area contributed by atoms with Crippen LogP contribution in [-0.4, -0.2) is 59.6 Å². The molecule has 1 fully saturated rings. The Bertz CT molecular complexity index is 776. The molecule has 150 valence electrons. The van der Waals surface area contributed by atoms with Gasteiger partial charge in [0, 0.05) is 32.7 Å². The maximum atomic E-state index is 12.6. The smallest absolute Gasteiger partial charge is 0.237 e. The van der Waals surface area contributed by atoms with Gasteiger partial charge in [-0.15, -0.1) is 0 Å². The van der Waals surface area contributed by atoms with E-state index in [0.29, 0.717) is 38.5 Å². The third-order valence-electron chi connectivity index (χ3n) is 4.74. The molecule has 2 amide bonds. The highest BCUT2D eigenvalue weighted by atomic mass is 16.5. The van der Waals surface area contributed by atoms with E-state index >= 15 is 0 Å². The van der Waals surface area contributed by atoms with Gasteiger partial charge in [0.2, 0.25) is 11.8 Å². The molecule has 1 aliphatic rings. The summed E-state index contributed by atoms with van der Waals surface area (Å²) in [6, 6.07) is 9.06. The lowest BCUT2D eigenvalue weighted by atomic mass is 10.1. The van der Waals surface area contributed by atoms with E-state index in [-0.39, 0.29) is 18.2 Å². The first-order valence-electron chi connectivity index (χ1n) is 9.44. The number of amides is 2. The molecular formula is C20H26N4O4. The third-order valence-corrected chi connectivity index (χ3v) is 4.74. The largest absolute Gasteiger partial charge is 0.494 e. The fraction of sp³-hybridized carbons (Fsp3) is 0.450. The molecule has 2 heterocycles. The van der Waals surface area contributed by atoms with Crippen LogP contribution in [0.3, 0.4) is 0 Å². The summed E-state index contributed by atoms with van der Waals surface area (Å²) in [5.74, 6) is 1.20. The van der Waals surface area contributed by atoms with Crippen molar-refractivity contribution in [3.05, 3.63) is 47.9 Å². The second-order valence-electron chi connectivity index (χ2n) is 6.79. The molecule has 1 N–H and O–H groups in total. The average Bonchev–Trinajstić information content (AvgIpc) is 3.19. The Kier molecular flexibility index (Phi) is 6.65. The Morgan fingerprint density at radius 3 is 2.82 bits per heavy atom. The number of rotatable bonds is 8. The van der Waals surface area contributed by atoms with Crippen LogP contribution in [0, 0.1) is 0 Å². The van der Waals surface area contributed by atoms with Gasteiger partial charge in [0.05, 0.1) is 31.8 Å². The molecule has 1 atom stereocenters. The summed E-state index contributed by atoms with van der Waals surface area (Å²) < 4.78 is 10.5. The van der Waals surface area contributed by atoms with Crippen molar-refractivity contribution in [2.45, 2.75) is 32.5 Å². The van der Waals surface area contributed by atoms with Crippen LogP contribution in [0.25, 0.3) is 0 Å². The topological polar surface area (TPSA) is 87.9 Å². The Labute approximate surface area is 164 Å². The number of piperazine rings is 1. The molecule has 0 bridgehead atoms. The monoisotopic (exact) mass is 386 g/mol. The standard InChI is InChI=1S/C20H26N4O4/c1-3-27-16-6-4-15(5-7-16)13-24-11-10-21-20(26)18(24)12-19(25)23(2)14-17-8-9-22-28-17/h4-9,18H,3,10-14H2,1-2H3,(H,21,26). The van der Waals surface area contributed by atoms with Crippen LogP contribution in [0.15, 0.2) is 41.1 Å². The number of nitrogens with zero attached hydrogens (tertiary/aromatic N) is 3. The molecule has 1 unspecified atom stereocenters. The molecule has 8 heteroatoms. The highest BCUT2D eigenvalue weighted by Gasteiger charge is 2.32. The summed E-state index contributed by atoms with van der Waals surface area (Å²) in [5, 5.41) is 6.51. The molecule has 3 rings (SSSR count). The second-order valence-corrected chi connectivity index (χ2v) is 6.79. The minimum Gasteiger partial charge on any atom is -0.494 e. The molecule has 0 radical (unpaired) electrons. The van der Waals surface area contributed by atoms with E-state index in [0.717, 1.165) is 11.3 Å². The lowest BCUT2D eigenvalue weighted by molar-refractivity contribution is -0.138. The lowest BCUT2D eigenvalue weighted by Gasteiger charge is -2.35. The summed E-state index contributed by atoms with van der Waals surface area (Å²) >= 11 is 0. The molecule has 1 aliphatic heterocycles. The van der Waals surface area contributed by atoms with E-state index < -0.39 is 6.04 Å². The van der Waals surface area contributed by atoms with Crippen molar-refractivity contribution in [2.24, 2.45) is 0 Å². The van der Waals surface area contributed by atoms with Gasteiger partial charge in [-0.1, -0.05) is 17.3 Å². The third kappa shape index (κ3) is 5.10. The number of benzene rings is 1. The Balaban J connectivity index is 1.63. The molecule has 1 aromatic carbocycles. The number of nitrogens with one attached hydrogen (secondary N) is 1. The van der Waals surface area contributed by atoms with Crippen LogP contribution in [-0.2, 0) is 22.7 Å². The van der Waals surface area contributed by atoms with Gasteiger partial charge in [-0.3, -0.25) is 14.5 Å². The minimum atomic E-state index is -0.495. The quantitative estimate of drug-likeness (QED) is 0.738. The molecule has 0 aliphatic carbocycles. The summed E-state index contributed by atoms with van der Waals surface area (Å²) in [5.41, 5.74) is 1.07. The van der Waals surface area contributed by atoms with Crippen molar-refractivity contribution < 1.29 is 18.8 Å². The SMILES string of the molecule is CCOc1ccc(CN2CCNC(=O)C2CC(=O)N(C)Cc2ccno2)cc1. The summed E-state index contributed by atoms with van der Waals surface area (Å²) in [6.07, 6.45) is 1.66. The van der Waals surface area contributed by atoms with Crippen LogP contribution in [0.1, 0.15) is 24.7 Å². The molecule has 1 saturated heterocycles. The first kappa shape index (κ1) is 19.9. The van der Waals surface area contributed by atoms with Gasteiger partial charge in [0.25, 0.3) is 0 Å². The van der Waals surface area contributed by atoms with Crippen LogP contribution in [0.2, 0.25) is 0 Å². The highest BCUT2D eigenvalue weighted by molar-refractivity contribution is 5.88. The van der Waals surface area contributed by atoms with Crippen molar-refractivity contribution >= 4 is 11.8 Å². The molecule has 1 aromatic heterocycles. The summed E-state index contributed by atoms with van der Waals surface area (Å²) in [4.78, 5) is 28.7. The second kappa shape index (κ2) is 9.36. The lowest BCUT2D eigenvalue weighted by Crippen LogP contribution is -2.56. The van der Waals surface area contributed by atoms with Crippen molar-refractivity contribution in [3.63, 3.8) is 0 Å². The average molecular weight is 386 g/mol. The zero-order valence-corrected chi connectivity index (χ0v) is 16.3. The van der Waals surface area contributed by atoms with Crippen molar-refractivity contribution in [1.29, 1.82) is 0 Å². The van der Waals surface area contributed by atoms with Gasteiger partial charge >= 0.3 is 0 Å². The van der Waals surface area contributed by atoms with Crippen LogP contribution < -0.4 is 10.1 Å².